The molecule has 2 aliphatic rings. The fourth-order valence-corrected chi connectivity index (χ4v) is 6.27. The summed E-state index contributed by atoms with van der Waals surface area (Å²) in [6.45, 7) is 3.79. The third kappa shape index (κ3) is 5.31. The van der Waals surface area contributed by atoms with Crippen LogP contribution in [-0.4, -0.2) is 55.5 Å². The summed E-state index contributed by atoms with van der Waals surface area (Å²) in [4.78, 5) is 27.9. The second kappa shape index (κ2) is 9.95. The topological polar surface area (TPSA) is 74.8 Å². The highest BCUT2D eigenvalue weighted by molar-refractivity contribution is 7.89. The number of aryl methyl sites for hydroxylation is 1. The van der Waals surface area contributed by atoms with E-state index in [1.165, 1.54) is 16.4 Å². The molecule has 2 saturated heterocycles. The van der Waals surface area contributed by atoms with Crippen LogP contribution in [0.3, 0.4) is 0 Å². The smallest absolute Gasteiger partial charge is 0.243 e. The molecule has 2 aromatic rings. The quantitative estimate of drug-likeness (QED) is 0.592. The number of nitrogens with zero attached hydrogens (tertiary/aromatic N) is 2. The first-order valence-corrected chi connectivity index (χ1v) is 13.2. The van der Waals surface area contributed by atoms with Gasteiger partial charge in [-0.25, -0.2) is 8.42 Å². The molecule has 4 rings (SSSR count). The highest BCUT2D eigenvalue weighted by Crippen LogP contribution is 2.28. The number of rotatable bonds is 5. The van der Waals surface area contributed by atoms with Gasteiger partial charge in [-0.1, -0.05) is 41.4 Å². The number of piperidine rings is 2. The molecule has 176 valence electrons. The number of hydrogen-bond donors (Lipinski definition) is 0. The molecule has 0 saturated carbocycles. The van der Waals surface area contributed by atoms with E-state index < -0.39 is 10.0 Å². The minimum Gasteiger partial charge on any atom is -0.342 e. The van der Waals surface area contributed by atoms with Crippen molar-refractivity contribution in [3.8, 4) is 0 Å². The van der Waals surface area contributed by atoms with Gasteiger partial charge in [0, 0.05) is 48.6 Å². The summed E-state index contributed by atoms with van der Waals surface area (Å²) in [5, 5.41) is 0.489. The first kappa shape index (κ1) is 23.9. The van der Waals surface area contributed by atoms with E-state index in [1.807, 2.05) is 36.1 Å². The van der Waals surface area contributed by atoms with Gasteiger partial charge in [-0.05, 0) is 56.9 Å². The zero-order valence-electron chi connectivity index (χ0n) is 18.7. The molecule has 0 unspecified atom stereocenters. The van der Waals surface area contributed by atoms with Crippen molar-refractivity contribution in [2.24, 2.45) is 11.8 Å². The molecular weight excluding hydrogens is 460 g/mol. The van der Waals surface area contributed by atoms with Crippen LogP contribution in [0.25, 0.3) is 0 Å². The number of Topliss-reactive ketones (excluding diaryl/α,β-unsaturated/α-hetero) is 1. The Balaban J connectivity index is 1.29. The van der Waals surface area contributed by atoms with Crippen LogP contribution in [-0.2, 0) is 14.8 Å². The van der Waals surface area contributed by atoms with Crippen LogP contribution in [0.5, 0.6) is 0 Å². The van der Waals surface area contributed by atoms with Crippen molar-refractivity contribution in [2.75, 3.05) is 26.2 Å². The minimum absolute atomic E-state index is 0.0527. The van der Waals surface area contributed by atoms with Gasteiger partial charge in [-0.2, -0.15) is 4.31 Å². The molecule has 6 nitrogen and oxygen atoms in total. The minimum atomic E-state index is -3.59. The third-order valence-corrected chi connectivity index (χ3v) is 8.93. The third-order valence-electron chi connectivity index (χ3n) is 6.77. The van der Waals surface area contributed by atoms with E-state index in [1.54, 1.807) is 12.1 Å². The number of halogens is 1. The largest absolute Gasteiger partial charge is 0.342 e. The monoisotopic (exact) mass is 488 g/mol. The van der Waals surface area contributed by atoms with Crippen molar-refractivity contribution < 1.29 is 18.0 Å². The number of sulfonamides is 1. The maximum atomic E-state index is 13.1. The van der Waals surface area contributed by atoms with Crippen molar-refractivity contribution in [1.82, 2.24) is 9.21 Å². The fraction of sp³-hybridized carbons (Fsp3) is 0.440. The number of hydrogen-bond acceptors (Lipinski definition) is 4. The van der Waals surface area contributed by atoms with Crippen LogP contribution in [0.15, 0.2) is 53.4 Å². The normalized spacial score (nSPS) is 18.9. The molecule has 0 bridgehead atoms. The average molecular weight is 489 g/mol. The lowest BCUT2D eigenvalue weighted by atomic mass is 9.87. The maximum Gasteiger partial charge on any atom is 0.243 e. The fourth-order valence-electron chi connectivity index (χ4n) is 4.67. The van der Waals surface area contributed by atoms with Gasteiger partial charge in [-0.15, -0.1) is 0 Å². The molecule has 0 spiro atoms. The van der Waals surface area contributed by atoms with Gasteiger partial charge in [-0.3, -0.25) is 9.59 Å². The highest BCUT2D eigenvalue weighted by Gasteiger charge is 2.35. The second-order valence-electron chi connectivity index (χ2n) is 8.96. The zero-order chi connectivity index (χ0) is 23.6. The van der Waals surface area contributed by atoms with E-state index in [-0.39, 0.29) is 28.4 Å². The number of carbonyl (C=O) groups is 2. The Bertz CT molecular complexity index is 1100. The van der Waals surface area contributed by atoms with Gasteiger partial charge in [0.25, 0.3) is 0 Å². The molecule has 2 fully saturated rings. The highest BCUT2D eigenvalue weighted by atomic mass is 35.5. The molecule has 2 heterocycles. The first-order valence-electron chi connectivity index (χ1n) is 11.4. The number of likely N-dealkylation sites (tertiary alicyclic amines) is 1. The molecule has 2 aliphatic heterocycles. The van der Waals surface area contributed by atoms with E-state index in [2.05, 4.69) is 0 Å². The Morgan fingerprint density at radius 1 is 0.818 bits per heavy atom. The summed E-state index contributed by atoms with van der Waals surface area (Å²) in [6, 6.07) is 13.8. The summed E-state index contributed by atoms with van der Waals surface area (Å²) in [7, 11) is -3.59. The Labute approximate surface area is 200 Å². The molecule has 0 aromatic heterocycles. The van der Waals surface area contributed by atoms with Crippen molar-refractivity contribution in [2.45, 2.75) is 37.5 Å². The van der Waals surface area contributed by atoms with Crippen molar-refractivity contribution >= 4 is 33.3 Å². The number of amides is 1. The van der Waals surface area contributed by atoms with Gasteiger partial charge < -0.3 is 4.90 Å². The van der Waals surface area contributed by atoms with Gasteiger partial charge >= 0.3 is 0 Å². The van der Waals surface area contributed by atoms with Crippen LogP contribution in [0.2, 0.25) is 5.02 Å². The van der Waals surface area contributed by atoms with Gasteiger partial charge in [0.2, 0.25) is 15.9 Å². The lowest BCUT2D eigenvalue weighted by Gasteiger charge is -2.36. The number of benzene rings is 2. The molecular formula is C25H29ClN2O4S. The summed E-state index contributed by atoms with van der Waals surface area (Å²) < 4.78 is 27.2. The summed E-state index contributed by atoms with van der Waals surface area (Å²) in [5.74, 6) is 0.0109. The molecule has 0 atom stereocenters. The van der Waals surface area contributed by atoms with Crippen molar-refractivity contribution in [3.05, 3.63) is 64.7 Å². The van der Waals surface area contributed by atoms with Gasteiger partial charge in [0.05, 0.1) is 4.90 Å². The predicted molar refractivity (Wildman–Crippen MR) is 128 cm³/mol. The average Bonchev–Trinajstić information content (AvgIpc) is 2.84. The Kier molecular flexibility index (Phi) is 7.22. The van der Waals surface area contributed by atoms with Crippen molar-refractivity contribution in [3.63, 3.8) is 0 Å². The summed E-state index contributed by atoms with van der Waals surface area (Å²) in [6.07, 6.45) is 2.35. The van der Waals surface area contributed by atoms with Crippen LogP contribution < -0.4 is 0 Å². The first-order chi connectivity index (χ1) is 15.8. The number of ketones is 1. The van der Waals surface area contributed by atoms with E-state index in [9.17, 15) is 18.0 Å². The summed E-state index contributed by atoms with van der Waals surface area (Å²) in [5.41, 5.74) is 1.86. The molecule has 0 aliphatic carbocycles. The zero-order valence-corrected chi connectivity index (χ0v) is 20.3. The second-order valence-corrected chi connectivity index (χ2v) is 11.3. The molecule has 0 radical (unpaired) electrons. The SMILES string of the molecule is Cc1ccc(C(=O)C2CCN(C(=O)C3CCN(S(=O)(=O)c4ccc(Cl)cc4)CC3)CC2)cc1. The Morgan fingerprint density at radius 2 is 1.36 bits per heavy atom. The van der Waals surface area contributed by atoms with Crippen LogP contribution >= 0.6 is 11.6 Å². The van der Waals surface area contributed by atoms with E-state index >= 15 is 0 Å². The number of carbonyl (C=O) groups excluding carboxylic acids is 2. The van der Waals surface area contributed by atoms with Crippen molar-refractivity contribution in [1.29, 1.82) is 0 Å². The Morgan fingerprint density at radius 3 is 1.94 bits per heavy atom. The summed E-state index contributed by atoms with van der Waals surface area (Å²) >= 11 is 5.87. The van der Waals surface area contributed by atoms with Crippen LogP contribution in [0, 0.1) is 18.8 Å². The lowest BCUT2D eigenvalue weighted by molar-refractivity contribution is -0.138. The molecule has 0 N–H and O–H groups in total. The Hall–Kier alpha value is -2.22. The molecule has 33 heavy (non-hydrogen) atoms. The van der Waals surface area contributed by atoms with E-state index in [4.69, 9.17) is 11.6 Å². The van der Waals surface area contributed by atoms with E-state index in [0.29, 0.717) is 56.9 Å². The van der Waals surface area contributed by atoms with Crippen LogP contribution in [0.1, 0.15) is 41.6 Å². The molecule has 1 amide bonds. The maximum absolute atomic E-state index is 13.1. The van der Waals surface area contributed by atoms with Gasteiger partial charge in [0.1, 0.15) is 0 Å². The van der Waals surface area contributed by atoms with E-state index in [0.717, 1.165) is 11.1 Å². The molecule has 2 aromatic carbocycles. The van der Waals surface area contributed by atoms with Crippen LogP contribution in [0.4, 0.5) is 0 Å². The lowest BCUT2D eigenvalue weighted by Crippen LogP contribution is -2.47. The van der Waals surface area contributed by atoms with Gasteiger partial charge in [0.15, 0.2) is 5.78 Å². The molecule has 8 heteroatoms. The standard InChI is InChI=1S/C25H29ClN2O4S/c1-18-2-4-19(5-3-18)24(29)20-10-14-27(15-11-20)25(30)21-12-16-28(17-13-21)33(31,32)23-8-6-22(26)7-9-23/h2-9,20-21H,10-17H2,1H3. The predicted octanol–water partition coefficient (Wildman–Crippen LogP) is 4.17.